The van der Waals surface area contributed by atoms with Crippen molar-refractivity contribution in [3.05, 3.63) is 11.9 Å². The summed E-state index contributed by atoms with van der Waals surface area (Å²) in [4.78, 5) is 0. The molecule has 1 aromatic heterocycles. The Morgan fingerprint density at radius 2 is 2.19 bits per heavy atom. The zero-order valence-corrected chi connectivity index (χ0v) is 9.60. The Bertz CT molecular complexity index is 330. The third kappa shape index (κ3) is 2.80. The summed E-state index contributed by atoms with van der Waals surface area (Å²) in [6, 6.07) is 0. The molecule has 0 spiro atoms. The number of hydrogen-bond acceptors (Lipinski definition) is 4. The minimum atomic E-state index is -0.557. The first-order valence-corrected chi connectivity index (χ1v) is 6.03. The second kappa shape index (κ2) is 4.93. The van der Waals surface area contributed by atoms with Crippen molar-refractivity contribution in [2.75, 3.05) is 6.54 Å². The lowest BCUT2D eigenvalue weighted by Gasteiger charge is -2.21. The van der Waals surface area contributed by atoms with Gasteiger partial charge in [0.1, 0.15) is 0 Å². The van der Waals surface area contributed by atoms with E-state index in [9.17, 15) is 5.11 Å². The maximum Gasteiger partial charge on any atom is 0.0843 e. The van der Waals surface area contributed by atoms with E-state index in [1.54, 1.807) is 4.68 Å². The zero-order chi connectivity index (χ0) is 11.4. The maximum absolute atomic E-state index is 10.2. The van der Waals surface area contributed by atoms with Crippen LogP contribution in [0.2, 0.25) is 0 Å². The van der Waals surface area contributed by atoms with Crippen molar-refractivity contribution in [2.45, 2.75) is 50.7 Å². The molecule has 1 saturated carbocycles. The monoisotopic (exact) mass is 224 g/mol. The molecule has 0 aromatic carbocycles. The van der Waals surface area contributed by atoms with Gasteiger partial charge in [0.2, 0.25) is 0 Å². The molecule has 16 heavy (non-hydrogen) atoms. The van der Waals surface area contributed by atoms with Crippen LogP contribution in [0.4, 0.5) is 0 Å². The second-order valence-corrected chi connectivity index (χ2v) is 4.73. The first-order chi connectivity index (χ1) is 7.72. The van der Waals surface area contributed by atoms with Crippen LogP contribution in [0.1, 0.15) is 37.8 Å². The fourth-order valence-electron chi connectivity index (χ4n) is 2.31. The molecule has 1 aliphatic rings. The summed E-state index contributed by atoms with van der Waals surface area (Å²) in [7, 11) is 0. The summed E-state index contributed by atoms with van der Waals surface area (Å²) in [5.74, 6) is 0. The molecule has 1 aromatic rings. The van der Waals surface area contributed by atoms with Crippen LogP contribution in [-0.4, -0.2) is 32.2 Å². The molecule has 1 fully saturated rings. The zero-order valence-electron chi connectivity index (χ0n) is 9.60. The number of hydrogen-bond donors (Lipinski definition) is 2. The van der Waals surface area contributed by atoms with Gasteiger partial charge in [0.25, 0.3) is 0 Å². The normalized spacial score (nSPS) is 19.1. The largest absolute Gasteiger partial charge is 0.388 e. The highest BCUT2D eigenvalue weighted by molar-refractivity contribution is 4.94. The van der Waals surface area contributed by atoms with Gasteiger partial charge in [-0.3, -0.25) is 0 Å². The minimum absolute atomic E-state index is 0.557. The van der Waals surface area contributed by atoms with E-state index < -0.39 is 5.60 Å². The van der Waals surface area contributed by atoms with Crippen molar-refractivity contribution in [2.24, 2.45) is 5.73 Å². The van der Waals surface area contributed by atoms with Gasteiger partial charge < -0.3 is 10.8 Å². The number of aromatic nitrogens is 3. The fourth-order valence-corrected chi connectivity index (χ4v) is 2.31. The summed E-state index contributed by atoms with van der Waals surface area (Å²) in [5, 5.41) is 18.3. The molecule has 1 aliphatic carbocycles. The number of nitrogens with zero attached hydrogens (tertiary/aromatic N) is 3. The van der Waals surface area contributed by atoms with Gasteiger partial charge in [-0.15, -0.1) is 5.10 Å². The van der Waals surface area contributed by atoms with Crippen LogP contribution in [-0.2, 0) is 13.0 Å². The summed E-state index contributed by atoms with van der Waals surface area (Å²) in [6.45, 7) is 1.25. The highest BCUT2D eigenvalue weighted by Crippen LogP contribution is 2.30. The van der Waals surface area contributed by atoms with Crippen molar-refractivity contribution >= 4 is 0 Å². The number of nitrogens with two attached hydrogens (primary N) is 1. The lowest BCUT2D eigenvalue weighted by Crippen LogP contribution is -2.30. The molecule has 0 saturated heterocycles. The quantitative estimate of drug-likeness (QED) is 0.762. The van der Waals surface area contributed by atoms with E-state index in [-0.39, 0.29) is 0 Å². The molecule has 5 nitrogen and oxygen atoms in total. The molecular formula is C11H20N4O. The van der Waals surface area contributed by atoms with Gasteiger partial charge in [-0.05, 0) is 32.2 Å². The predicted octanol–water partition coefficient (Wildman–Crippen LogP) is 0.474. The maximum atomic E-state index is 10.2. The minimum Gasteiger partial charge on any atom is -0.388 e. The molecule has 0 unspecified atom stereocenters. The third-order valence-electron chi connectivity index (χ3n) is 3.21. The van der Waals surface area contributed by atoms with E-state index in [1.807, 2.05) is 6.20 Å². The Hall–Kier alpha value is -0.940. The molecule has 0 bridgehead atoms. The number of aliphatic hydroxyl groups is 1. The van der Waals surface area contributed by atoms with Gasteiger partial charge in [0.05, 0.1) is 17.8 Å². The standard InChI is InChI=1S/C11H20N4O/c12-7-3-4-10-8-15(14-13-10)9-11(16)5-1-2-6-11/h8,16H,1-7,9,12H2. The molecule has 0 aliphatic heterocycles. The van der Waals surface area contributed by atoms with E-state index in [2.05, 4.69) is 10.3 Å². The molecule has 2 rings (SSSR count). The highest BCUT2D eigenvalue weighted by Gasteiger charge is 2.31. The molecule has 0 amide bonds. The first-order valence-electron chi connectivity index (χ1n) is 6.03. The molecule has 0 atom stereocenters. The van der Waals surface area contributed by atoms with Crippen LogP contribution in [0.15, 0.2) is 6.20 Å². The molecule has 90 valence electrons. The van der Waals surface area contributed by atoms with Crippen molar-refractivity contribution in [3.8, 4) is 0 Å². The van der Waals surface area contributed by atoms with Crippen molar-refractivity contribution in [3.63, 3.8) is 0 Å². The summed E-state index contributed by atoms with van der Waals surface area (Å²) < 4.78 is 1.76. The fraction of sp³-hybridized carbons (Fsp3) is 0.818. The lowest BCUT2D eigenvalue weighted by atomic mass is 10.0. The van der Waals surface area contributed by atoms with Gasteiger partial charge in [0.15, 0.2) is 0 Å². The Morgan fingerprint density at radius 3 is 2.88 bits per heavy atom. The SMILES string of the molecule is NCCCc1cn(CC2(O)CCCC2)nn1. The van der Waals surface area contributed by atoms with E-state index in [4.69, 9.17) is 5.73 Å². The van der Waals surface area contributed by atoms with Gasteiger partial charge in [-0.1, -0.05) is 18.1 Å². The smallest absolute Gasteiger partial charge is 0.0843 e. The molecule has 0 radical (unpaired) electrons. The molecule has 5 heteroatoms. The van der Waals surface area contributed by atoms with Crippen molar-refractivity contribution in [1.82, 2.24) is 15.0 Å². The van der Waals surface area contributed by atoms with Gasteiger partial charge >= 0.3 is 0 Å². The Balaban J connectivity index is 1.91. The van der Waals surface area contributed by atoms with Gasteiger partial charge in [-0.2, -0.15) is 0 Å². The molecule has 3 N–H and O–H groups in total. The van der Waals surface area contributed by atoms with Crippen LogP contribution in [0, 0.1) is 0 Å². The van der Waals surface area contributed by atoms with Gasteiger partial charge in [0, 0.05) is 6.20 Å². The third-order valence-corrected chi connectivity index (χ3v) is 3.21. The highest BCUT2D eigenvalue weighted by atomic mass is 16.3. The van der Waals surface area contributed by atoms with E-state index in [0.717, 1.165) is 44.2 Å². The van der Waals surface area contributed by atoms with Crippen LogP contribution >= 0.6 is 0 Å². The topological polar surface area (TPSA) is 77.0 Å². The van der Waals surface area contributed by atoms with E-state index in [0.29, 0.717) is 13.1 Å². The van der Waals surface area contributed by atoms with Crippen LogP contribution in [0.3, 0.4) is 0 Å². The summed E-state index contributed by atoms with van der Waals surface area (Å²) in [5.41, 5.74) is 5.85. The van der Waals surface area contributed by atoms with Crippen LogP contribution < -0.4 is 5.73 Å². The second-order valence-electron chi connectivity index (χ2n) is 4.73. The lowest BCUT2D eigenvalue weighted by molar-refractivity contribution is 0.0260. The molecule has 1 heterocycles. The first kappa shape index (κ1) is 11.5. The van der Waals surface area contributed by atoms with Gasteiger partial charge in [-0.25, -0.2) is 4.68 Å². The van der Waals surface area contributed by atoms with E-state index in [1.165, 1.54) is 0 Å². The summed E-state index contributed by atoms with van der Waals surface area (Å²) >= 11 is 0. The number of aryl methyl sites for hydroxylation is 1. The van der Waals surface area contributed by atoms with Crippen molar-refractivity contribution in [1.29, 1.82) is 0 Å². The Morgan fingerprint density at radius 1 is 1.44 bits per heavy atom. The average Bonchev–Trinajstić information content (AvgIpc) is 2.85. The molecular weight excluding hydrogens is 204 g/mol. The van der Waals surface area contributed by atoms with Crippen LogP contribution in [0.5, 0.6) is 0 Å². The van der Waals surface area contributed by atoms with E-state index >= 15 is 0 Å². The summed E-state index contributed by atoms with van der Waals surface area (Å²) in [6.07, 6.45) is 7.72. The van der Waals surface area contributed by atoms with Crippen LogP contribution in [0.25, 0.3) is 0 Å². The Labute approximate surface area is 95.6 Å². The predicted molar refractivity (Wildman–Crippen MR) is 60.8 cm³/mol. The average molecular weight is 224 g/mol. The number of rotatable bonds is 5. The van der Waals surface area contributed by atoms with Crippen molar-refractivity contribution < 1.29 is 5.11 Å². The Kier molecular flexibility index (Phi) is 3.56.